The van der Waals surface area contributed by atoms with E-state index in [1.165, 1.54) is 7.11 Å². The van der Waals surface area contributed by atoms with Crippen molar-refractivity contribution < 1.29 is 19.1 Å². The summed E-state index contributed by atoms with van der Waals surface area (Å²) in [7, 11) is 1.54. The Hall–Kier alpha value is -1.84. The van der Waals surface area contributed by atoms with E-state index in [1.54, 1.807) is 19.1 Å². The van der Waals surface area contributed by atoms with Crippen LogP contribution in [0, 0.1) is 6.92 Å². The van der Waals surface area contributed by atoms with E-state index >= 15 is 0 Å². The minimum absolute atomic E-state index is 0.256. The van der Waals surface area contributed by atoms with Gasteiger partial charge in [-0.15, -0.1) is 0 Å². The summed E-state index contributed by atoms with van der Waals surface area (Å²) >= 11 is 0. The van der Waals surface area contributed by atoms with Crippen LogP contribution in [0.3, 0.4) is 0 Å². The normalized spacial score (nSPS) is 11.7. The first-order valence-electron chi connectivity index (χ1n) is 5.40. The number of rotatable bonds is 5. The average molecular weight is 236 g/mol. The third-order valence-corrected chi connectivity index (χ3v) is 2.50. The van der Waals surface area contributed by atoms with Gasteiger partial charge >= 0.3 is 5.97 Å². The molecule has 1 aromatic carbocycles. The summed E-state index contributed by atoms with van der Waals surface area (Å²) in [6, 6.07) is 5.28. The Morgan fingerprint density at radius 2 is 2.18 bits per heavy atom. The molecule has 1 atom stereocenters. The zero-order chi connectivity index (χ0) is 12.8. The quantitative estimate of drug-likeness (QED) is 0.445. The highest BCUT2D eigenvalue weighted by atomic mass is 16.5. The third-order valence-electron chi connectivity index (χ3n) is 2.50. The van der Waals surface area contributed by atoms with Gasteiger partial charge in [-0.25, -0.2) is 0 Å². The smallest absolute Gasteiger partial charge is 0.320 e. The number of aldehydes is 1. The molecule has 92 valence electrons. The molecule has 4 heteroatoms. The molecule has 1 rings (SSSR count). The fourth-order valence-corrected chi connectivity index (χ4v) is 1.57. The van der Waals surface area contributed by atoms with Gasteiger partial charge in [0, 0.05) is 0 Å². The van der Waals surface area contributed by atoms with Crippen LogP contribution in [0.1, 0.15) is 24.0 Å². The van der Waals surface area contributed by atoms with Gasteiger partial charge in [0.15, 0.2) is 0 Å². The van der Waals surface area contributed by atoms with Crippen LogP contribution in [0.25, 0.3) is 0 Å². The summed E-state index contributed by atoms with van der Waals surface area (Å²) in [5.41, 5.74) is 1.48. The van der Waals surface area contributed by atoms with Crippen molar-refractivity contribution in [2.45, 2.75) is 19.8 Å². The maximum absolute atomic E-state index is 11.6. The van der Waals surface area contributed by atoms with Gasteiger partial charge in [-0.05, 0) is 37.1 Å². The molecule has 0 N–H and O–H groups in total. The van der Waals surface area contributed by atoms with Crippen LogP contribution < -0.4 is 4.74 Å². The zero-order valence-corrected chi connectivity index (χ0v) is 10.2. The fraction of sp³-hybridized carbons (Fsp3) is 0.385. The molecule has 0 aliphatic carbocycles. The van der Waals surface area contributed by atoms with Crippen molar-refractivity contribution >= 4 is 12.3 Å². The maximum atomic E-state index is 11.6. The Morgan fingerprint density at radius 1 is 1.47 bits per heavy atom. The van der Waals surface area contributed by atoms with Crippen LogP contribution >= 0.6 is 0 Å². The van der Waals surface area contributed by atoms with Crippen molar-refractivity contribution in [2.24, 2.45) is 0 Å². The first kappa shape index (κ1) is 13.2. The SMILES string of the molecule is CCOC(=O)C(C=O)c1cc(OC)ccc1C. The number of methoxy groups -OCH3 is 1. The van der Waals surface area contributed by atoms with Gasteiger partial charge in [-0.1, -0.05) is 6.07 Å². The van der Waals surface area contributed by atoms with Gasteiger partial charge in [0.1, 0.15) is 18.0 Å². The highest BCUT2D eigenvalue weighted by Gasteiger charge is 2.23. The second-order valence-corrected chi connectivity index (χ2v) is 3.59. The highest BCUT2D eigenvalue weighted by molar-refractivity contribution is 5.94. The Balaban J connectivity index is 3.10. The molecular weight excluding hydrogens is 220 g/mol. The van der Waals surface area contributed by atoms with Crippen LogP contribution in [0.4, 0.5) is 0 Å². The number of carbonyl (C=O) groups is 2. The van der Waals surface area contributed by atoms with Crippen molar-refractivity contribution in [3.63, 3.8) is 0 Å². The predicted molar refractivity (Wildman–Crippen MR) is 63.2 cm³/mol. The first-order valence-corrected chi connectivity index (χ1v) is 5.40. The van der Waals surface area contributed by atoms with Crippen molar-refractivity contribution in [3.8, 4) is 5.75 Å². The lowest BCUT2D eigenvalue weighted by Gasteiger charge is -2.13. The largest absolute Gasteiger partial charge is 0.497 e. The third kappa shape index (κ3) is 3.06. The van der Waals surface area contributed by atoms with Crippen molar-refractivity contribution in [3.05, 3.63) is 29.3 Å². The molecule has 0 heterocycles. The second-order valence-electron chi connectivity index (χ2n) is 3.59. The van der Waals surface area contributed by atoms with Crippen molar-refractivity contribution in [2.75, 3.05) is 13.7 Å². The Bertz CT molecular complexity index is 412. The minimum Gasteiger partial charge on any atom is -0.497 e. The number of carbonyl (C=O) groups excluding carboxylic acids is 2. The molecule has 0 saturated heterocycles. The molecule has 0 amide bonds. The molecule has 17 heavy (non-hydrogen) atoms. The molecule has 0 bridgehead atoms. The number of esters is 1. The minimum atomic E-state index is -0.884. The van der Waals surface area contributed by atoms with Gasteiger partial charge in [0.25, 0.3) is 0 Å². The number of hydrogen-bond donors (Lipinski definition) is 0. The van der Waals surface area contributed by atoms with E-state index in [-0.39, 0.29) is 6.61 Å². The Labute approximate surface area is 101 Å². The van der Waals surface area contributed by atoms with Gasteiger partial charge in [0.05, 0.1) is 13.7 Å². The van der Waals surface area contributed by atoms with Crippen molar-refractivity contribution in [1.82, 2.24) is 0 Å². The van der Waals surface area contributed by atoms with Gasteiger partial charge < -0.3 is 14.3 Å². The average Bonchev–Trinajstić information content (AvgIpc) is 2.33. The van der Waals surface area contributed by atoms with E-state index in [2.05, 4.69) is 0 Å². The van der Waals surface area contributed by atoms with E-state index in [1.807, 2.05) is 13.0 Å². The van der Waals surface area contributed by atoms with Gasteiger partial charge in [-0.2, -0.15) is 0 Å². The molecule has 0 spiro atoms. The summed E-state index contributed by atoms with van der Waals surface area (Å²) in [6.07, 6.45) is 0.597. The van der Waals surface area contributed by atoms with E-state index < -0.39 is 11.9 Å². The number of ether oxygens (including phenoxy) is 2. The Kier molecular flexibility index (Phi) is 4.69. The lowest BCUT2D eigenvalue weighted by atomic mass is 9.96. The molecule has 1 aromatic rings. The van der Waals surface area contributed by atoms with E-state index in [9.17, 15) is 9.59 Å². The summed E-state index contributed by atoms with van der Waals surface area (Å²) in [5.74, 6) is -0.800. The lowest BCUT2D eigenvalue weighted by molar-refractivity contribution is -0.146. The molecule has 1 unspecified atom stereocenters. The van der Waals surface area contributed by atoms with Crippen LogP contribution in [-0.4, -0.2) is 26.0 Å². The summed E-state index contributed by atoms with van der Waals surface area (Å²) in [6.45, 7) is 3.80. The van der Waals surface area contributed by atoms with E-state index in [0.717, 1.165) is 5.56 Å². The zero-order valence-electron chi connectivity index (χ0n) is 10.2. The molecule has 0 aliphatic rings. The number of hydrogen-bond acceptors (Lipinski definition) is 4. The molecule has 0 aromatic heterocycles. The summed E-state index contributed by atoms with van der Waals surface area (Å²) < 4.78 is 9.94. The molecule has 0 saturated carbocycles. The van der Waals surface area contributed by atoms with Crippen molar-refractivity contribution in [1.29, 1.82) is 0 Å². The van der Waals surface area contributed by atoms with Crippen LogP contribution in [0.2, 0.25) is 0 Å². The lowest BCUT2D eigenvalue weighted by Crippen LogP contribution is -2.18. The van der Waals surface area contributed by atoms with Crippen LogP contribution in [0.15, 0.2) is 18.2 Å². The maximum Gasteiger partial charge on any atom is 0.320 e. The monoisotopic (exact) mass is 236 g/mol. The molecular formula is C13H16O4. The molecule has 0 fully saturated rings. The van der Waals surface area contributed by atoms with Crippen LogP contribution in [0.5, 0.6) is 5.75 Å². The highest BCUT2D eigenvalue weighted by Crippen LogP contribution is 2.24. The van der Waals surface area contributed by atoms with E-state index in [4.69, 9.17) is 9.47 Å². The fourth-order valence-electron chi connectivity index (χ4n) is 1.57. The molecule has 0 radical (unpaired) electrons. The number of aryl methyl sites for hydroxylation is 1. The first-order chi connectivity index (χ1) is 8.13. The van der Waals surface area contributed by atoms with Crippen LogP contribution in [-0.2, 0) is 14.3 Å². The second kappa shape index (κ2) is 6.03. The molecule has 4 nitrogen and oxygen atoms in total. The Morgan fingerprint density at radius 3 is 2.71 bits per heavy atom. The summed E-state index contributed by atoms with van der Waals surface area (Å²) in [4.78, 5) is 22.7. The predicted octanol–water partition coefficient (Wildman–Crippen LogP) is 1.85. The van der Waals surface area contributed by atoms with Gasteiger partial charge in [0.2, 0.25) is 0 Å². The number of benzene rings is 1. The molecule has 0 aliphatic heterocycles. The van der Waals surface area contributed by atoms with E-state index in [0.29, 0.717) is 17.6 Å². The standard InChI is InChI=1S/C13H16O4/c1-4-17-13(15)12(8-14)11-7-10(16-3)6-5-9(11)2/h5-8,12H,4H2,1-3H3. The van der Waals surface area contributed by atoms with Gasteiger partial charge in [-0.3, -0.25) is 4.79 Å². The summed E-state index contributed by atoms with van der Waals surface area (Å²) in [5, 5.41) is 0. The topological polar surface area (TPSA) is 52.6 Å².